The van der Waals surface area contributed by atoms with E-state index in [-0.39, 0.29) is 6.04 Å². The zero-order chi connectivity index (χ0) is 14.1. The van der Waals surface area contributed by atoms with Gasteiger partial charge in [-0.25, -0.2) is 0 Å². The van der Waals surface area contributed by atoms with Crippen LogP contribution in [-0.2, 0) is 6.54 Å². The normalized spacial score (nSPS) is 24.1. The van der Waals surface area contributed by atoms with E-state index < -0.39 is 0 Å². The second kappa shape index (κ2) is 5.68. The van der Waals surface area contributed by atoms with Gasteiger partial charge in [0.25, 0.3) is 0 Å². The monoisotopic (exact) mass is 289 g/mol. The third-order valence-corrected chi connectivity index (χ3v) is 4.62. The fourth-order valence-electron chi connectivity index (χ4n) is 2.88. The molecule has 0 bridgehead atoms. The fourth-order valence-corrected chi connectivity index (χ4v) is 3.09. The average Bonchev–Trinajstić information content (AvgIpc) is 2.46. The maximum absolute atomic E-state index is 6.24. The second-order valence-corrected chi connectivity index (χ2v) is 6.18. The molecule has 106 valence electrons. The van der Waals surface area contributed by atoms with Crippen LogP contribution in [0.1, 0.15) is 18.9 Å². The molecule has 20 heavy (non-hydrogen) atoms. The first-order chi connectivity index (χ1) is 9.65. The Morgan fingerprint density at radius 1 is 1.40 bits per heavy atom. The molecule has 1 aliphatic heterocycles. The number of hydrogen-bond donors (Lipinski definition) is 1. The van der Waals surface area contributed by atoms with Crippen LogP contribution in [0.2, 0.25) is 5.02 Å². The van der Waals surface area contributed by atoms with Crippen LogP contribution in [0, 0.1) is 5.92 Å². The minimum atomic E-state index is 0.273. The maximum Gasteiger partial charge on any atom is 0.0761 e. The Morgan fingerprint density at radius 2 is 2.25 bits per heavy atom. The number of rotatable bonds is 2. The first-order valence-electron chi connectivity index (χ1n) is 7.15. The number of nitrogens with zero attached hydrogens (tertiary/aromatic N) is 2. The highest BCUT2D eigenvalue weighted by Gasteiger charge is 2.23. The van der Waals surface area contributed by atoms with E-state index in [0.29, 0.717) is 5.92 Å². The van der Waals surface area contributed by atoms with Gasteiger partial charge < -0.3 is 5.73 Å². The van der Waals surface area contributed by atoms with E-state index in [0.717, 1.165) is 35.6 Å². The van der Waals surface area contributed by atoms with Crippen LogP contribution in [0.5, 0.6) is 0 Å². The molecule has 1 aromatic heterocycles. The summed E-state index contributed by atoms with van der Waals surface area (Å²) in [6.45, 7) is 5.19. The van der Waals surface area contributed by atoms with Crippen molar-refractivity contribution in [3.63, 3.8) is 0 Å². The van der Waals surface area contributed by atoms with Crippen molar-refractivity contribution < 1.29 is 0 Å². The van der Waals surface area contributed by atoms with Crippen LogP contribution < -0.4 is 5.73 Å². The van der Waals surface area contributed by atoms with Crippen LogP contribution in [0.15, 0.2) is 30.5 Å². The van der Waals surface area contributed by atoms with E-state index in [1.165, 1.54) is 12.0 Å². The summed E-state index contributed by atoms with van der Waals surface area (Å²) < 4.78 is 0. The molecule has 2 atom stereocenters. The number of pyridine rings is 1. The minimum Gasteiger partial charge on any atom is -0.326 e. The molecule has 3 nitrogen and oxygen atoms in total. The van der Waals surface area contributed by atoms with E-state index in [2.05, 4.69) is 22.9 Å². The lowest BCUT2D eigenvalue weighted by Gasteiger charge is -2.35. The highest BCUT2D eigenvalue weighted by Crippen LogP contribution is 2.26. The topological polar surface area (TPSA) is 42.2 Å². The smallest absolute Gasteiger partial charge is 0.0761 e. The summed E-state index contributed by atoms with van der Waals surface area (Å²) >= 11 is 6.24. The molecule has 0 spiro atoms. The van der Waals surface area contributed by atoms with Gasteiger partial charge in [-0.3, -0.25) is 9.88 Å². The molecule has 2 aromatic rings. The predicted octanol–water partition coefficient (Wildman–Crippen LogP) is 3.06. The van der Waals surface area contributed by atoms with Crippen molar-refractivity contribution >= 4 is 22.5 Å². The molecule has 2 unspecified atom stereocenters. The molecular weight excluding hydrogens is 270 g/mol. The van der Waals surface area contributed by atoms with Crippen molar-refractivity contribution in [2.45, 2.75) is 25.9 Å². The molecule has 2 heterocycles. The van der Waals surface area contributed by atoms with Gasteiger partial charge in [0.15, 0.2) is 0 Å². The lowest BCUT2D eigenvalue weighted by atomic mass is 9.94. The summed E-state index contributed by atoms with van der Waals surface area (Å²) in [7, 11) is 0. The van der Waals surface area contributed by atoms with Crippen LogP contribution in [-0.4, -0.2) is 29.0 Å². The number of hydrogen-bond acceptors (Lipinski definition) is 3. The van der Waals surface area contributed by atoms with Gasteiger partial charge in [0.05, 0.1) is 5.52 Å². The number of piperidine rings is 1. The van der Waals surface area contributed by atoms with E-state index in [1.807, 2.05) is 24.4 Å². The van der Waals surface area contributed by atoms with Crippen LogP contribution in [0.3, 0.4) is 0 Å². The van der Waals surface area contributed by atoms with E-state index in [4.69, 9.17) is 17.3 Å². The number of likely N-dealkylation sites (tertiary alicyclic amines) is 1. The Hall–Kier alpha value is -1.16. The fraction of sp³-hybridized carbons (Fsp3) is 0.438. The van der Waals surface area contributed by atoms with Crippen molar-refractivity contribution in [3.05, 3.63) is 41.0 Å². The van der Waals surface area contributed by atoms with Crippen molar-refractivity contribution in [2.75, 3.05) is 13.1 Å². The molecule has 2 N–H and O–H groups in total. The standard InChI is InChI=1S/C16H20ClN3/c1-11-6-8-20(10-15(11)18)9-12-4-5-14(17)13-3-2-7-19-16(12)13/h2-5,7,11,15H,6,8-10,18H2,1H3. The molecule has 1 aliphatic rings. The van der Waals surface area contributed by atoms with Gasteiger partial charge in [-0.2, -0.15) is 0 Å². The summed E-state index contributed by atoms with van der Waals surface area (Å²) in [5.74, 6) is 0.617. The van der Waals surface area contributed by atoms with Crippen molar-refractivity contribution in [1.82, 2.24) is 9.88 Å². The highest BCUT2D eigenvalue weighted by molar-refractivity contribution is 6.35. The molecule has 0 amide bonds. The average molecular weight is 290 g/mol. The third-order valence-electron chi connectivity index (χ3n) is 4.29. The van der Waals surface area contributed by atoms with E-state index >= 15 is 0 Å². The summed E-state index contributed by atoms with van der Waals surface area (Å²) in [6, 6.07) is 8.28. The first-order valence-corrected chi connectivity index (χ1v) is 7.53. The molecule has 0 aliphatic carbocycles. The summed E-state index contributed by atoms with van der Waals surface area (Å²) in [6.07, 6.45) is 2.99. The van der Waals surface area contributed by atoms with Crippen molar-refractivity contribution in [2.24, 2.45) is 11.7 Å². The zero-order valence-electron chi connectivity index (χ0n) is 11.7. The van der Waals surface area contributed by atoms with Gasteiger partial charge >= 0.3 is 0 Å². The van der Waals surface area contributed by atoms with Gasteiger partial charge in [0, 0.05) is 35.7 Å². The Kier molecular flexibility index (Phi) is 3.92. The zero-order valence-corrected chi connectivity index (χ0v) is 12.5. The van der Waals surface area contributed by atoms with Crippen LogP contribution >= 0.6 is 11.6 Å². The number of benzene rings is 1. The number of halogens is 1. The summed E-state index contributed by atoms with van der Waals surface area (Å²) in [4.78, 5) is 6.92. The van der Waals surface area contributed by atoms with Crippen LogP contribution in [0.25, 0.3) is 10.9 Å². The molecule has 0 saturated carbocycles. The Balaban J connectivity index is 1.86. The Morgan fingerprint density at radius 3 is 3.05 bits per heavy atom. The van der Waals surface area contributed by atoms with Crippen molar-refractivity contribution in [3.8, 4) is 0 Å². The predicted molar refractivity (Wildman–Crippen MR) is 83.8 cm³/mol. The van der Waals surface area contributed by atoms with Gasteiger partial charge in [0.2, 0.25) is 0 Å². The lowest BCUT2D eigenvalue weighted by Crippen LogP contribution is -2.47. The quantitative estimate of drug-likeness (QED) is 0.924. The minimum absolute atomic E-state index is 0.273. The van der Waals surface area contributed by atoms with E-state index in [1.54, 1.807) is 0 Å². The highest BCUT2D eigenvalue weighted by atomic mass is 35.5. The molecule has 1 fully saturated rings. The third kappa shape index (κ3) is 2.66. The van der Waals surface area contributed by atoms with Gasteiger partial charge in [-0.1, -0.05) is 24.6 Å². The number of nitrogens with two attached hydrogens (primary N) is 1. The number of aromatic nitrogens is 1. The molecule has 4 heteroatoms. The van der Waals surface area contributed by atoms with E-state index in [9.17, 15) is 0 Å². The summed E-state index contributed by atoms with van der Waals surface area (Å²) in [5, 5.41) is 1.79. The molecule has 1 aromatic carbocycles. The molecule has 1 saturated heterocycles. The van der Waals surface area contributed by atoms with Gasteiger partial charge in [0.1, 0.15) is 0 Å². The molecule has 0 radical (unpaired) electrons. The Labute approximate surface area is 124 Å². The molecule has 3 rings (SSSR count). The first kappa shape index (κ1) is 13.8. The van der Waals surface area contributed by atoms with Gasteiger partial charge in [-0.15, -0.1) is 0 Å². The largest absolute Gasteiger partial charge is 0.326 e. The summed E-state index contributed by atoms with van der Waals surface area (Å²) in [5.41, 5.74) is 8.42. The van der Waals surface area contributed by atoms with Crippen LogP contribution in [0.4, 0.5) is 0 Å². The van der Waals surface area contributed by atoms with Gasteiger partial charge in [-0.05, 0) is 42.6 Å². The van der Waals surface area contributed by atoms with Crippen molar-refractivity contribution in [1.29, 1.82) is 0 Å². The Bertz CT molecular complexity index is 614. The molecular formula is C16H20ClN3. The lowest BCUT2D eigenvalue weighted by molar-refractivity contribution is 0.162. The number of fused-ring (bicyclic) bond motifs is 1. The maximum atomic E-state index is 6.24. The SMILES string of the molecule is CC1CCN(Cc2ccc(Cl)c3cccnc23)CC1N. The second-order valence-electron chi connectivity index (χ2n) is 5.77.